The molecule has 3 N–H and O–H groups in total. The summed E-state index contributed by atoms with van der Waals surface area (Å²) in [6, 6.07) is -0.0596. The Morgan fingerprint density at radius 3 is 3.05 bits per heavy atom. The van der Waals surface area contributed by atoms with Gasteiger partial charge in [0.1, 0.15) is 0 Å². The number of aryl methyl sites for hydroxylation is 1. The van der Waals surface area contributed by atoms with Crippen LogP contribution >= 0.6 is 0 Å². The summed E-state index contributed by atoms with van der Waals surface area (Å²) in [6.07, 6.45) is 3.21. The van der Waals surface area contributed by atoms with E-state index in [0.717, 1.165) is 5.69 Å². The van der Waals surface area contributed by atoms with E-state index in [4.69, 9.17) is 5.11 Å². The fraction of sp³-hybridized carbons (Fsp3) is 0.636. The maximum absolute atomic E-state index is 11.7. The van der Waals surface area contributed by atoms with Gasteiger partial charge in [-0.3, -0.25) is 4.79 Å². The number of rotatable bonds is 5. The van der Waals surface area contributed by atoms with E-state index in [1.54, 1.807) is 6.20 Å². The van der Waals surface area contributed by atoms with Crippen LogP contribution in [0, 0.1) is 0 Å². The largest absolute Gasteiger partial charge is 0.465 e. The number of aromatic amines is 1. The molecule has 0 radical (unpaired) electrons. The van der Waals surface area contributed by atoms with Gasteiger partial charge in [-0.05, 0) is 19.3 Å². The van der Waals surface area contributed by atoms with Gasteiger partial charge < -0.3 is 15.3 Å². The summed E-state index contributed by atoms with van der Waals surface area (Å²) < 4.78 is 0. The molecule has 0 aromatic carbocycles. The molecule has 0 unspecified atom stereocenters. The van der Waals surface area contributed by atoms with Crippen LogP contribution in [0.4, 0.5) is 4.79 Å². The molecule has 8 heteroatoms. The molecule has 1 atom stereocenters. The molecular formula is C11H17N5O3. The number of hydrogen-bond acceptors (Lipinski definition) is 4. The molecule has 0 aliphatic carbocycles. The Labute approximate surface area is 110 Å². The zero-order chi connectivity index (χ0) is 13.7. The summed E-state index contributed by atoms with van der Waals surface area (Å²) in [5.41, 5.74) is 0.839. The quantitative estimate of drug-likeness (QED) is 0.695. The Kier molecular flexibility index (Phi) is 4.32. The lowest BCUT2D eigenvalue weighted by Gasteiger charge is -2.13. The van der Waals surface area contributed by atoms with Crippen molar-refractivity contribution >= 4 is 12.0 Å². The van der Waals surface area contributed by atoms with Crippen molar-refractivity contribution in [1.29, 1.82) is 0 Å². The SMILES string of the molecule is O=C(CCCc1cn[nH]n1)N[C@@H]1CCN(C(=O)O)C1. The molecule has 8 nitrogen and oxygen atoms in total. The lowest BCUT2D eigenvalue weighted by molar-refractivity contribution is -0.121. The molecule has 1 aromatic heterocycles. The van der Waals surface area contributed by atoms with Crippen molar-refractivity contribution in [1.82, 2.24) is 25.6 Å². The van der Waals surface area contributed by atoms with Crippen molar-refractivity contribution in [3.8, 4) is 0 Å². The number of nitrogens with zero attached hydrogens (tertiary/aromatic N) is 3. The Morgan fingerprint density at radius 2 is 2.42 bits per heavy atom. The number of likely N-dealkylation sites (tertiary alicyclic amines) is 1. The Hall–Kier alpha value is -2.12. The first-order chi connectivity index (χ1) is 9.15. The standard InChI is InChI=1S/C11H17N5O3/c17-10(3-1-2-8-6-12-15-14-8)13-9-4-5-16(7-9)11(18)19/h6,9H,1-5,7H2,(H,13,17)(H,18,19)(H,12,14,15)/t9-/m1/s1. The van der Waals surface area contributed by atoms with Crippen LogP contribution in [0.15, 0.2) is 6.20 Å². The summed E-state index contributed by atoms with van der Waals surface area (Å²) in [5, 5.41) is 21.8. The maximum Gasteiger partial charge on any atom is 0.407 e. The maximum atomic E-state index is 11.7. The number of carbonyl (C=O) groups excluding carboxylic acids is 1. The number of nitrogens with one attached hydrogen (secondary N) is 2. The lowest BCUT2D eigenvalue weighted by Crippen LogP contribution is -2.38. The number of carboxylic acid groups (broad SMARTS) is 1. The van der Waals surface area contributed by atoms with Gasteiger partial charge in [-0.2, -0.15) is 15.4 Å². The molecule has 2 heterocycles. The average molecular weight is 267 g/mol. The molecule has 1 saturated heterocycles. The first-order valence-electron chi connectivity index (χ1n) is 6.27. The number of hydrogen-bond donors (Lipinski definition) is 3. The van der Waals surface area contributed by atoms with Crippen molar-refractivity contribution in [2.24, 2.45) is 0 Å². The molecule has 2 rings (SSSR count). The van der Waals surface area contributed by atoms with E-state index < -0.39 is 6.09 Å². The highest BCUT2D eigenvalue weighted by atomic mass is 16.4. The highest BCUT2D eigenvalue weighted by Gasteiger charge is 2.26. The minimum atomic E-state index is -0.928. The number of H-pyrrole nitrogens is 1. The van der Waals surface area contributed by atoms with Gasteiger partial charge in [-0.15, -0.1) is 0 Å². The van der Waals surface area contributed by atoms with Crippen LogP contribution in [0.1, 0.15) is 25.0 Å². The second-order valence-corrected chi connectivity index (χ2v) is 4.60. The number of aromatic nitrogens is 3. The van der Waals surface area contributed by atoms with Crippen molar-refractivity contribution in [3.05, 3.63) is 11.9 Å². The molecule has 1 aliphatic heterocycles. The minimum Gasteiger partial charge on any atom is -0.465 e. The van der Waals surface area contributed by atoms with E-state index in [1.807, 2.05) is 0 Å². The molecule has 0 bridgehead atoms. The molecule has 1 aliphatic rings. The van der Waals surface area contributed by atoms with Crippen molar-refractivity contribution < 1.29 is 14.7 Å². The van der Waals surface area contributed by atoms with Crippen LogP contribution in [-0.2, 0) is 11.2 Å². The highest BCUT2D eigenvalue weighted by molar-refractivity contribution is 5.76. The van der Waals surface area contributed by atoms with Gasteiger partial charge >= 0.3 is 6.09 Å². The van der Waals surface area contributed by atoms with Gasteiger partial charge in [0, 0.05) is 25.6 Å². The van der Waals surface area contributed by atoms with Crippen LogP contribution < -0.4 is 5.32 Å². The summed E-state index contributed by atoms with van der Waals surface area (Å²) >= 11 is 0. The molecule has 0 spiro atoms. The molecule has 1 fully saturated rings. The summed E-state index contributed by atoms with van der Waals surface area (Å²) in [4.78, 5) is 23.7. The van der Waals surface area contributed by atoms with Gasteiger partial charge in [0.05, 0.1) is 11.9 Å². The second-order valence-electron chi connectivity index (χ2n) is 4.60. The predicted octanol–water partition coefficient (Wildman–Crippen LogP) is -0.00410. The number of amides is 2. The fourth-order valence-corrected chi connectivity index (χ4v) is 2.13. The van der Waals surface area contributed by atoms with Gasteiger partial charge in [-0.25, -0.2) is 4.79 Å². The van der Waals surface area contributed by atoms with Crippen LogP contribution in [-0.4, -0.2) is 56.5 Å². The Bertz CT molecular complexity index is 434. The Balaban J connectivity index is 1.63. The lowest BCUT2D eigenvalue weighted by atomic mass is 10.2. The Morgan fingerprint density at radius 1 is 1.58 bits per heavy atom. The summed E-state index contributed by atoms with van der Waals surface area (Å²) in [6.45, 7) is 0.865. The third-order valence-electron chi connectivity index (χ3n) is 3.13. The number of carbonyl (C=O) groups is 2. The van der Waals surface area contributed by atoms with Crippen LogP contribution in [0.3, 0.4) is 0 Å². The molecule has 1 aromatic rings. The van der Waals surface area contributed by atoms with Crippen molar-refractivity contribution in [2.75, 3.05) is 13.1 Å². The van der Waals surface area contributed by atoms with E-state index >= 15 is 0 Å². The van der Waals surface area contributed by atoms with E-state index in [2.05, 4.69) is 20.7 Å². The smallest absolute Gasteiger partial charge is 0.407 e. The minimum absolute atomic E-state index is 0.0410. The van der Waals surface area contributed by atoms with Crippen LogP contribution in [0.5, 0.6) is 0 Å². The van der Waals surface area contributed by atoms with Gasteiger partial charge in [-0.1, -0.05) is 0 Å². The fourth-order valence-electron chi connectivity index (χ4n) is 2.13. The van der Waals surface area contributed by atoms with Crippen molar-refractivity contribution in [3.63, 3.8) is 0 Å². The van der Waals surface area contributed by atoms with Crippen LogP contribution in [0.25, 0.3) is 0 Å². The second kappa shape index (κ2) is 6.17. The predicted molar refractivity (Wildman–Crippen MR) is 65.5 cm³/mol. The monoisotopic (exact) mass is 267 g/mol. The third kappa shape index (κ3) is 3.94. The van der Waals surface area contributed by atoms with E-state index in [9.17, 15) is 9.59 Å². The zero-order valence-corrected chi connectivity index (χ0v) is 10.5. The van der Waals surface area contributed by atoms with E-state index in [1.165, 1.54) is 4.90 Å². The molecular weight excluding hydrogens is 250 g/mol. The van der Waals surface area contributed by atoms with E-state index in [0.29, 0.717) is 38.8 Å². The molecule has 104 valence electrons. The highest BCUT2D eigenvalue weighted by Crippen LogP contribution is 2.09. The topological polar surface area (TPSA) is 111 Å². The molecule has 0 saturated carbocycles. The van der Waals surface area contributed by atoms with Gasteiger partial charge in [0.2, 0.25) is 5.91 Å². The first kappa shape index (κ1) is 13.3. The van der Waals surface area contributed by atoms with Gasteiger partial charge in [0.25, 0.3) is 0 Å². The third-order valence-corrected chi connectivity index (χ3v) is 3.13. The normalized spacial score (nSPS) is 18.5. The van der Waals surface area contributed by atoms with E-state index in [-0.39, 0.29) is 11.9 Å². The summed E-state index contributed by atoms with van der Waals surface area (Å²) in [7, 11) is 0. The molecule has 2 amide bonds. The molecule has 19 heavy (non-hydrogen) atoms. The van der Waals surface area contributed by atoms with Crippen molar-refractivity contribution in [2.45, 2.75) is 31.7 Å². The van der Waals surface area contributed by atoms with Crippen LogP contribution in [0.2, 0.25) is 0 Å². The zero-order valence-electron chi connectivity index (χ0n) is 10.5. The first-order valence-corrected chi connectivity index (χ1v) is 6.27. The average Bonchev–Trinajstić information content (AvgIpc) is 3.00. The van der Waals surface area contributed by atoms with Gasteiger partial charge in [0.15, 0.2) is 0 Å². The summed E-state index contributed by atoms with van der Waals surface area (Å²) in [5.74, 6) is -0.0410.